The van der Waals surface area contributed by atoms with Gasteiger partial charge in [-0.1, -0.05) is 19.1 Å². The third-order valence-corrected chi connectivity index (χ3v) is 7.43. The number of amides is 2. The van der Waals surface area contributed by atoms with Crippen LogP contribution in [0.3, 0.4) is 0 Å². The van der Waals surface area contributed by atoms with E-state index in [1.54, 1.807) is 30.3 Å². The topological polar surface area (TPSA) is 109 Å². The molecule has 7 nitrogen and oxygen atoms in total. The maximum atomic E-state index is 12.7. The molecule has 9 heteroatoms. The zero-order chi connectivity index (χ0) is 21.9. The Labute approximate surface area is 179 Å². The lowest BCUT2D eigenvalue weighted by Gasteiger charge is -2.11. The van der Waals surface area contributed by atoms with Gasteiger partial charge in [0.1, 0.15) is 0 Å². The largest absolute Gasteiger partial charge is 0.326 e. The van der Waals surface area contributed by atoms with Gasteiger partial charge in [-0.2, -0.15) is 0 Å². The van der Waals surface area contributed by atoms with Crippen LogP contribution in [0.4, 0.5) is 11.4 Å². The third kappa shape index (κ3) is 5.48. The average molecular weight is 447 g/mol. The fraction of sp³-hybridized carbons (Fsp3) is 0.286. The molecule has 0 saturated heterocycles. The van der Waals surface area contributed by atoms with Gasteiger partial charge in [0.15, 0.2) is 15.6 Å². The van der Waals surface area contributed by atoms with E-state index in [2.05, 4.69) is 10.6 Å². The van der Waals surface area contributed by atoms with Crippen LogP contribution in [0, 0.1) is 0 Å². The predicted octanol–water partition coefficient (Wildman–Crippen LogP) is 3.51. The molecule has 158 valence electrons. The maximum absolute atomic E-state index is 12.7. The van der Waals surface area contributed by atoms with Gasteiger partial charge >= 0.3 is 0 Å². The van der Waals surface area contributed by atoms with Crippen molar-refractivity contribution in [3.8, 4) is 0 Å². The minimum Gasteiger partial charge on any atom is -0.326 e. The lowest BCUT2D eigenvalue weighted by atomic mass is 10.1. The van der Waals surface area contributed by atoms with Crippen molar-refractivity contribution >= 4 is 50.6 Å². The Hall–Kier alpha value is -2.65. The second-order valence-electron chi connectivity index (χ2n) is 7.09. The molecular formula is C21H22N2O5S2. The molecule has 0 spiro atoms. The second kappa shape index (κ2) is 9.01. The van der Waals surface area contributed by atoms with Crippen LogP contribution in [0.15, 0.2) is 52.3 Å². The summed E-state index contributed by atoms with van der Waals surface area (Å²) in [6.45, 7) is 3.37. The summed E-state index contributed by atoms with van der Waals surface area (Å²) < 4.78 is 25.4. The first kappa shape index (κ1) is 22.0. The Kier molecular flexibility index (Phi) is 6.62. The monoisotopic (exact) mass is 446 g/mol. The minimum absolute atomic E-state index is 0.0584. The van der Waals surface area contributed by atoms with Crippen LogP contribution in [-0.2, 0) is 19.4 Å². The van der Waals surface area contributed by atoms with Crippen molar-refractivity contribution in [1.82, 2.24) is 0 Å². The van der Waals surface area contributed by atoms with Gasteiger partial charge in [-0.15, -0.1) is 11.8 Å². The van der Waals surface area contributed by atoms with E-state index in [-0.39, 0.29) is 34.0 Å². The number of fused-ring (bicyclic) bond motifs is 1. The predicted molar refractivity (Wildman–Crippen MR) is 117 cm³/mol. The Morgan fingerprint density at radius 1 is 1.20 bits per heavy atom. The van der Waals surface area contributed by atoms with Gasteiger partial charge < -0.3 is 10.6 Å². The lowest BCUT2D eigenvalue weighted by molar-refractivity contribution is -0.116. The molecule has 3 rings (SSSR count). The summed E-state index contributed by atoms with van der Waals surface area (Å²) in [6, 6.07) is 11.1. The normalized spacial score (nSPS) is 16.2. The molecule has 1 aliphatic heterocycles. The molecule has 0 aliphatic carbocycles. The molecule has 1 heterocycles. The highest BCUT2D eigenvalue weighted by Crippen LogP contribution is 2.36. The molecule has 1 aliphatic rings. The number of hydrogen-bond donors (Lipinski definition) is 2. The van der Waals surface area contributed by atoms with Crippen LogP contribution in [0.1, 0.15) is 37.0 Å². The Balaban J connectivity index is 1.68. The van der Waals surface area contributed by atoms with Crippen molar-refractivity contribution < 1.29 is 22.8 Å². The summed E-state index contributed by atoms with van der Waals surface area (Å²) in [4.78, 5) is 36.4. The highest BCUT2D eigenvalue weighted by atomic mass is 32.2. The first-order valence-electron chi connectivity index (χ1n) is 9.38. The Morgan fingerprint density at radius 3 is 2.70 bits per heavy atom. The van der Waals surface area contributed by atoms with E-state index in [4.69, 9.17) is 0 Å². The van der Waals surface area contributed by atoms with Gasteiger partial charge in [0.05, 0.1) is 16.3 Å². The zero-order valence-electron chi connectivity index (χ0n) is 16.6. The average Bonchev–Trinajstić information content (AvgIpc) is 2.82. The standard InChI is InChI=1S/C21H22N2O5S2/c1-13-10-21(26)23-18-12-17(6-7-19(18)29-13)30(27,28)9-8-20(25)22-16-5-3-4-15(11-16)14(2)24/h3-7,11-13H,8-10H2,1-2H3,(H,22,25)(H,23,26)/t13-/m1/s1. The first-order chi connectivity index (χ1) is 14.1. The van der Waals surface area contributed by atoms with Crippen LogP contribution >= 0.6 is 11.8 Å². The van der Waals surface area contributed by atoms with Gasteiger partial charge in [-0.3, -0.25) is 14.4 Å². The van der Waals surface area contributed by atoms with Gasteiger partial charge in [0.25, 0.3) is 0 Å². The minimum atomic E-state index is -3.72. The molecule has 30 heavy (non-hydrogen) atoms. The number of nitrogens with one attached hydrogen (secondary N) is 2. The van der Waals surface area contributed by atoms with E-state index < -0.39 is 15.7 Å². The molecule has 0 fully saturated rings. The van der Waals surface area contributed by atoms with Gasteiger partial charge in [0.2, 0.25) is 11.8 Å². The molecule has 0 aromatic heterocycles. The summed E-state index contributed by atoms with van der Waals surface area (Å²) in [7, 11) is -3.72. The smallest absolute Gasteiger partial charge is 0.225 e. The fourth-order valence-corrected chi connectivity index (χ4v) is 5.32. The van der Waals surface area contributed by atoms with Gasteiger partial charge in [-0.05, 0) is 37.3 Å². The van der Waals surface area contributed by atoms with Crippen LogP contribution in [-0.4, -0.2) is 37.0 Å². The molecule has 2 N–H and O–H groups in total. The zero-order valence-corrected chi connectivity index (χ0v) is 18.2. The van der Waals surface area contributed by atoms with Crippen molar-refractivity contribution in [3.63, 3.8) is 0 Å². The van der Waals surface area contributed by atoms with E-state index in [9.17, 15) is 22.8 Å². The quantitative estimate of drug-likeness (QED) is 0.657. The fourth-order valence-electron chi connectivity index (χ4n) is 3.01. The summed E-state index contributed by atoms with van der Waals surface area (Å²) in [5.74, 6) is -1.12. The molecule has 2 aromatic carbocycles. The molecule has 0 unspecified atom stereocenters. The summed E-state index contributed by atoms with van der Waals surface area (Å²) >= 11 is 1.51. The molecule has 0 radical (unpaired) electrons. The molecule has 0 bridgehead atoms. The number of hydrogen-bond acceptors (Lipinski definition) is 6. The molecule has 1 atom stereocenters. The van der Waals surface area contributed by atoms with Crippen molar-refractivity contribution in [2.24, 2.45) is 0 Å². The molecule has 0 saturated carbocycles. The highest BCUT2D eigenvalue weighted by molar-refractivity contribution is 8.00. The number of rotatable bonds is 6. The number of carbonyl (C=O) groups is 3. The number of anilines is 2. The van der Waals surface area contributed by atoms with Crippen LogP contribution < -0.4 is 10.6 Å². The number of sulfone groups is 1. The second-order valence-corrected chi connectivity index (χ2v) is 10.7. The number of ketones is 1. The van der Waals surface area contributed by atoms with Gasteiger partial charge in [0, 0.05) is 34.2 Å². The van der Waals surface area contributed by atoms with E-state index in [0.717, 1.165) is 4.90 Å². The summed E-state index contributed by atoms with van der Waals surface area (Å²) in [5, 5.41) is 5.46. The number of Topliss-reactive ketones (excluding diaryl/α,β-unsaturated/α-hetero) is 1. The van der Waals surface area contributed by atoms with E-state index in [1.165, 1.54) is 30.8 Å². The van der Waals surface area contributed by atoms with Crippen molar-refractivity contribution in [1.29, 1.82) is 0 Å². The molecule has 2 amide bonds. The van der Waals surface area contributed by atoms with Gasteiger partial charge in [-0.25, -0.2) is 8.42 Å². The van der Waals surface area contributed by atoms with E-state index in [1.807, 2.05) is 6.92 Å². The number of thioether (sulfide) groups is 1. The van der Waals surface area contributed by atoms with E-state index >= 15 is 0 Å². The van der Waals surface area contributed by atoms with Crippen molar-refractivity contribution in [3.05, 3.63) is 48.0 Å². The first-order valence-corrected chi connectivity index (χ1v) is 11.9. The van der Waals surface area contributed by atoms with Crippen LogP contribution in [0.2, 0.25) is 0 Å². The summed E-state index contributed by atoms with van der Waals surface area (Å²) in [5.41, 5.74) is 1.37. The molecule has 2 aromatic rings. The number of carbonyl (C=O) groups excluding carboxylic acids is 3. The third-order valence-electron chi connectivity index (χ3n) is 4.54. The maximum Gasteiger partial charge on any atom is 0.225 e. The van der Waals surface area contributed by atoms with Crippen molar-refractivity contribution in [2.45, 2.75) is 41.7 Å². The lowest BCUT2D eigenvalue weighted by Crippen LogP contribution is -2.18. The highest BCUT2D eigenvalue weighted by Gasteiger charge is 2.23. The Bertz CT molecular complexity index is 1110. The Morgan fingerprint density at radius 2 is 1.97 bits per heavy atom. The van der Waals surface area contributed by atoms with Crippen LogP contribution in [0.25, 0.3) is 0 Å². The van der Waals surface area contributed by atoms with Crippen LogP contribution in [0.5, 0.6) is 0 Å². The molecular weight excluding hydrogens is 424 g/mol. The SMILES string of the molecule is CC(=O)c1cccc(NC(=O)CCS(=O)(=O)c2ccc3c(c2)NC(=O)C[C@@H](C)S3)c1. The van der Waals surface area contributed by atoms with E-state index in [0.29, 0.717) is 23.4 Å². The summed E-state index contributed by atoms with van der Waals surface area (Å²) in [6.07, 6.45) is 0.119. The van der Waals surface area contributed by atoms with Crippen molar-refractivity contribution in [2.75, 3.05) is 16.4 Å². The number of benzene rings is 2.